The van der Waals surface area contributed by atoms with Gasteiger partial charge in [-0.25, -0.2) is 0 Å². The molecule has 0 radical (unpaired) electrons. The molecular weight excluding hydrogens is 178 g/mol. The maximum Gasteiger partial charge on any atom is 0.196 e. The molecule has 0 aromatic rings. The van der Waals surface area contributed by atoms with Gasteiger partial charge in [-0.15, -0.1) is 6.58 Å². The van der Waals surface area contributed by atoms with Crippen molar-refractivity contribution in [3.05, 3.63) is 24.8 Å². The van der Waals surface area contributed by atoms with Crippen molar-refractivity contribution < 1.29 is 9.47 Å². The van der Waals surface area contributed by atoms with Crippen molar-refractivity contribution in [1.29, 1.82) is 0 Å². The number of hydrogen-bond donors (Lipinski definition) is 1. The first-order valence-electron chi connectivity index (χ1n) is 4.85. The molecule has 1 aliphatic heterocycles. The molecule has 0 aromatic carbocycles. The van der Waals surface area contributed by atoms with Gasteiger partial charge in [0.25, 0.3) is 0 Å². The smallest absolute Gasteiger partial charge is 0.196 e. The van der Waals surface area contributed by atoms with Gasteiger partial charge in [0.2, 0.25) is 0 Å². The van der Waals surface area contributed by atoms with Gasteiger partial charge in [-0.05, 0) is 26.5 Å². The molecule has 3 nitrogen and oxygen atoms in total. The lowest BCUT2D eigenvalue weighted by molar-refractivity contribution is -0.143. The molecule has 1 fully saturated rings. The Morgan fingerprint density at radius 2 is 2.21 bits per heavy atom. The third kappa shape index (κ3) is 1.90. The summed E-state index contributed by atoms with van der Waals surface area (Å²) in [5, 5.41) is 3.06. The van der Waals surface area contributed by atoms with Crippen molar-refractivity contribution in [2.45, 2.75) is 38.4 Å². The molecule has 0 aliphatic carbocycles. The van der Waals surface area contributed by atoms with Crippen LogP contribution < -0.4 is 5.32 Å². The Morgan fingerprint density at radius 3 is 2.57 bits per heavy atom. The van der Waals surface area contributed by atoms with Gasteiger partial charge < -0.3 is 9.47 Å². The van der Waals surface area contributed by atoms with E-state index in [0.717, 1.165) is 5.57 Å². The van der Waals surface area contributed by atoms with Gasteiger partial charge in [0.15, 0.2) is 5.79 Å². The van der Waals surface area contributed by atoms with E-state index in [9.17, 15) is 0 Å². The molecule has 14 heavy (non-hydrogen) atoms. The number of hydrogen-bond acceptors (Lipinski definition) is 3. The van der Waals surface area contributed by atoms with Crippen LogP contribution in [0.15, 0.2) is 24.8 Å². The van der Waals surface area contributed by atoms with Crippen LogP contribution in [0.1, 0.15) is 20.3 Å². The summed E-state index contributed by atoms with van der Waals surface area (Å²) < 4.78 is 11.6. The number of rotatable bonds is 4. The summed E-state index contributed by atoms with van der Waals surface area (Å²) in [6.07, 6.45) is 2.37. The minimum atomic E-state index is -0.686. The number of nitrogens with one attached hydrogen (secondary N) is 1. The van der Waals surface area contributed by atoms with Crippen LogP contribution in [0.25, 0.3) is 0 Å². The summed E-state index contributed by atoms with van der Waals surface area (Å²) in [6.45, 7) is 11.5. The second-order valence-electron chi connectivity index (χ2n) is 3.68. The van der Waals surface area contributed by atoms with Gasteiger partial charge in [0.1, 0.15) is 6.23 Å². The summed E-state index contributed by atoms with van der Waals surface area (Å²) in [5.74, 6) is -0.686. The monoisotopic (exact) mass is 197 g/mol. The Bertz CT molecular complexity index is 239. The molecule has 3 unspecified atom stereocenters. The van der Waals surface area contributed by atoms with E-state index in [-0.39, 0.29) is 12.3 Å². The highest BCUT2D eigenvalue weighted by Crippen LogP contribution is 2.35. The standard InChI is InChI=1S/C11H19NO2/c1-6-7-11(8(2)3)13-9(4)10(12-5)14-11/h6,9-10,12H,1-2,7H2,3-5H3. The molecular formula is C11H19NO2. The molecule has 1 saturated heterocycles. The quantitative estimate of drug-likeness (QED) is 0.697. The molecule has 0 spiro atoms. The maximum absolute atomic E-state index is 5.81. The third-order valence-electron chi connectivity index (χ3n) is 2.47. The van der Waals surface area contributed by atoms with E-state index in [1.807, 2.05) is 20.9 Å². The fourth-order valence-corrected chi connectivity index (χ4v) is 1.65. The van der Waals surface area contributed by atoms with Crippen LogP contribution in [0.3, 0.4) is 0 Å². The van der Waals surface area contributed by atoms with Gasteiger partial charge in [0.05, 0.1) is 6.10 Å². The number of likely N-dealkylation sites (N-methyl/N-ethyl adjacent to an activating group) is 1. The molecule has 1 heterocycles. The normalized spacial score (nSPS) is 37.1. The minimum Gasteiger partial charge on any atom is -0.339 e. The van der Waals surface area contributed by atoms with E-state index < -0.39 is 5.79 Å². The summed E-state index contributed by atoms with van der Waals surface area (Å²) in [7, 11) is 1.85. The maximum atomic E-state index is 5.81. The molecule has 0 bridgehead atoms. The highest BCUT2D eigenvalue weighted by atomic mass is 16.8. The van der Waals surface area contributed by atoms with Gasteiger partial charge >= 0.3 is 0 Å². The zero-order chi connectivity index (χ0) is 10.8. The van der Waals surface area contributed by atoms with Gasteiger partial charge in [-0.1, -0.05) is 12.7 Å². The largest absolute Gasteiger partial charge is 0.339 e. The summed E-state index contributed by atoms with van der Waals surface area (Å²) in [6, 6.07) is 0. The van der Waals surface area contributed by atoms with Crippen molar-refractivity contribution in [1.82, 2.24) is 5.32 Å². The second kappa shape index (κ2) is 4.26. The minimum absolute atomic E-state index is 0.0247. The van der Waals surface area contributed by atoms with Crippen molar-refractivity contribution in [3.63, 3.8) is 0 Å². The van der Waals surface area contributed by atoms with E-state index in [1.54, 1.807) is 6.08 Å². The highest BCUT2D eigenvalue weighted by molar-refractivity contribution is 5.10. The van der Waals surface area contributed by atoms with E-state index in [0.29, 0.717) is 6.42 Å². The van der Waals surface area contributed by atoms with Crippen molar-refractivity contribution >= 4 is 0 Å². The molecule has 1 aliphatic rings. The zero-order valence-electron chi connectivity index (χ0n) is 9.17. The van der Waals surface area contributed by atoms with E-state index in [4.69, 9.17) is 9.47 Å². The molecule has 1 N–H and O–H groups in total. The lowest BCUT2D eigenvalue weighted by atomic mass is 10.1. The first-order valence-corrected chi connectivity index (χ1v) is 4.85. The van der Waals surface area contributed by atoms with Crippen molar-refractivity contribution in [2.24, 2.45) is 0 Å². The van der Waals surface area contributed by atoms with Gasteiger partial charge in [-0.2, -0.15) is 0 Å². The number of ether oxygens (including phenoxy) is 2. The highest BCUT2D eigenvalue weighted by Gasteiger charge is 2.45. The van der Waals surface area contributed by atoms with Crippen molar-refractivity contribution in [3.8, 4) is 0 Å². The Kier molecular flexibility index (Phi) is 3.48. The fourth-order valence-electron chi connectivity index (χ4n) is 1.65. The molecule has 3 atom stereocenters. The molecule has 0 aromatic heterocycles. The second-order valence-corrected chi connectivity index (χ2v) is 3.68. The van der Waals surface area contributed by atoms with Crippen molar-refractivity contribution in [2.75, 3.05) is 7.05 Å². The summed E-state index contributed by atoms with van der Waals surface area (Å²) in [5.41, 5.74) is 0.877. The molecule has 3 heteroatoms. The molecule has 1 rings (SSSR count). The average Bonchev–Trinajstić information content (AvgIpc) is 2.44. The Labute approximate surface area is 85.8 Å². The molecule has 0 amide bonds. The van der Waals surface area contributed by atoms with E-state index in [2.05, 4.69) is 18.5 Å². The van der Waals surface area contributed by atoms with Crippen LogP contribution in [0.5, 0.6) is 0 Å². The first kappa shape index (κ1) is 11.4. The van der Waals surface area contributed by atoms with Crippen LogP contribution in [-0.4, -0.2) is 25.2 Å². The fraction of sp³-hybridized carbons (Fsp3) is 0.636. The van der Waals surface area contributed by atoms with Gasteiger partial charge in [0, 0.05) is 6.42 Å². The predicted octanol–water partition coefficient (Wildman–Crippen LogP) is 1.82. The topological polar surface area (TPSA) is 30.5 Å². The van der Waals surface area contributed by atoms with E-state index >= 15 is 0 Å². The van der Waals surface area contributed by atoms with Crippen LogP contribution in [0, 0.1) is 0 Å². The van der Waals surface area contributed by atoms with Crippen LogP contribution in [-0.2, 0) is 9.47 Å². The average molecular weight is 197 g/mol. The predicted molar refractivity (Wildman–Crippen MR) is 56.8 cm³/mol. The van der Waals surface area contributed by atoms with E-state index in [1.165, 1.54) is 0 Å². The molecule has 0 saturated carbocycles. The zero-order valence-corrected chi connectivity index (χ0v) is 9.17. The van der Waals surface area contributed by atoms with Crippen LogP contribution in [0.4, 0.5) is 0 Å². The summed E-state index contributed by atoms with van der Waals surface area (Å²) in [4.78, 5) is 0. The van der Waals surface area contributed by atoms with Crippen LogP contribution in [0.2, 0.25) is 0 Å². The lowest BCUT2D eigenvalue weighted by Gasteiger charge is -2.27. The Morgan fingerprint density at radius 1 is 1.57 bits per heavy atom. The SMILES string of the molecule is C=CCC1(C(=C)C)OC(C)C(NC)O1. The Hall–Kier alpha value is -0.640. The van der Waals surface area contributed by atoms with Gasteiger partial charge in [-0.3, -0.25) is 5.32 Å². The summed E-state index contributed by atoms with van der Waals surface area (Å²) >= 11 is 0. The first-order chi connectivity index (χ1) is 6.55. The molecule has 80 valence electrons. The third-order valence-corrected chi connectivity index (χ3v) is 2.47. The lowest BCUT2D eigenvalue weighted by Crippen LogP contribution is -2.35. The Balaban J connectivity index is 2.82. The van der Waals surface area contributed by atoms with Crippen LogP contribution >= 0.6 is 0 Å².